The number of nitrogens with zero attached hydrogens (tertiary/aromatic N) is 6. The van der Waals surface area contributed by atoms with Crippen molar-refractivity contribution in [3.05, 3.63) is 105 Å². The smallest absolute Gasteiger partial charge is 0.404 e. The predicted octanol–water partition coefficient (Wildman–Crippen LogP) is 10.5. The molecule has 22 heteroatoms. The standard InChI is InChI=1S/C40H8F12N6O4/c41-37(42,43)59-27-7-17(8-28(25(27)15-57)60-38(44,45)46)21-3-1-5-23-31(19(11-53)12-54)35-34-22(4-2-6-24(34)32(20(13-55)14-56)36(35)33(21)23)18-9-29(61-39(47,48)49)26(16-58)30(10-18)62-40(50,51)52/h1,3-5,7-10H. The van der Waals surface area contributed by atoms with Crippen LogP contribution in [0.15, 0.2) is 59.7 Å². The molecular formula is C40H8F12N6O4. The molecule has 0 spiro atoms. The third-order valence-electron chi connectivity index (χ3n) is 8.59. The van der Waals surface area contributed by atoms with Crippen LogP contribution in [-0.2, 0) is 0 Å². The third-order valence-corrected chi connectivity index (χ3v) is 8.59. The lowest BCUT2D eigenvalue weighted by Gasteiger charge is -2.19. The zero-order valence-electron chi connectivity index (χ0n) is 29.5. The molecule has 0 radical (unpaired) electrons. The average Bonchev–Trinajstić information content (AvgIpc) is 3.66. The number of fused-ring (bicyclic) bond motifs is 4. The molecule has 2 aliphatic rings. The fraction of sp³-hybridized carbons (Fsp3) is 0.100. The summed E-state index contributed by atoms with van der Waals surface area (Å²) in [6, 6.07) is 19.9. The molecule has 0 aliphatic heterocycles. The normalized spacial score (nSPS) is 12.8. The van der Waals surface area contributed by atoms with Crippen LogP contribution >= 0.6 is 0 Å². The van der Waals surface area contributed by atoms with Gasteiger partial charge < -0.3 is 18.9 Å². The van der Waals surface area contributed by atoms with Gasteiger partial charge in [0.1, 0.15) is 58.7 Å². The van der Waals surface area contributed by atoms with E-state index in [0.29, 0.717) is 24.3 Å². The first-order chi connectivity index (χ1) is 29.0. The van der Waals surface area contributed by atoms with Crippen LogP contribution in [-0.4, -0.2) is 25.4 Å². The minimum Gasteiger partial charge on any atom is -0.404 e. The molecule has 306 valence electrons. The number of hydrogen-bond donors (Lipinski definition) is 0. The van der Waals surface area contributed by atoms with E-state index in [1.807, 2.05) is 0 Å². The van der Waals surface area contributed by atoms with Gasteiger partial charge in [0.25, 0.3) is 0 Å². The second-order valence-electron chi connectivity index (χ2n) is 12.1. The van der Waals surface area contributed by atoms with Crippen molar-refractivity contribution in [2.45, 2.75) is 25.4 Å². The maximum absolute atomic E-state index is 13.6. The van der Waals surface area contributed by atoms with Crippen LogP contribution in [0.2, 0.25) is 0 Å². The molecule has 62 heavy (non-hydrogen) atoms. The molecule has 0 fully saturated rings. The summed E-state index contributed by atoms with van der Waals surface area (Å²) in [7, 11) is 0. The van der Waals surface area contributed by atoms with Gasteiger partial charge in [0.15, 0.2) is 23.0 Å². The van der Waals surface area contributed by atoms with Crippen molar-refractivity contribution in [2.75, 3.05) is 0 Å². The lowest BCUT2D eigenvalue weighted by Crippen LogP contribution is -2.20. The molecule has 10 nitrogen and oxygen atoms in total. The lowest BCUT2D eigenvalue weighted by molar-refractivity contribution is -0.278. The Morgan fingerprint density at radius 3 is 1.24 bits per heavy atom. The molecule has 0 bridgehead atoms. The van der Waals surface area contributed by atoms with Crippen molar-refractivity contribution in [3.63, 3.8) is 0 Å². The minimum atomic E-state index is -5.62. The molecule has 0 unspecified atom stereocenters. The highest BCUT2D eigenvalue weighted by Gasteiger charge is 2.44. The average molecular weight is 865 g/mol. The summed E-state index contributed by atoms with van der Waals surface area (Å²) < 4.78 is 179. The molecule has 0 atom stereocenters. The molecule has 0 aromatic heterocycles. The van der Waals surface area contributed by atoms with Gasteiger partial charge >= 0.3 is 25.4 Å². The Balaban J connectivity index is 1.80. The molecule has 0 N–H and O–H groups in total. The number of halogens is 12. The van der Waals surface area contributed by atoms with Gasteiger partial charge in [-0.2, -0.15) is 31.6 Å². The van der Waals surface area contributed by atoms with Gasteiger partial charge in [-0.05, 0) is 63.7 Å². The maximum atomic E-state index is 13.6. The highest BCUT2D eigenvalue weighted by Crippen LogP contribution is 2.62. The Morgan fingerprint density at radius 1 is 0.484 bits per heavy atom. The van der Waals surface area contributed by atoms with Crippen molar-refractivity contribution in [1.82, 2.24) is 0 Å². The molecule has 0 heterocycles. The summed E-state index contributed by atoms with van der Waals surface area (Å²) in [5, 5.41) is 59.9. The van der Waals surface area contributed by atoms with E-state index in [4.69, 9.17) is 0 Å². The number of hydrogen-bond acceptors (Lipinski definition) is 10. The number of benzene rings is 3. The zero-order chi connectivity index (χ0) is 45.7. The van der Waals surface area contributed by atoms with E-state index in [2.05, 4.69) is 31.1 Å². The highest BCUT2D eigenvalue weighted by atomic mass is 19.4. The van der Waals surface area contributed by atoms with Gasteiger partial charge in [0, 0.05) is 33.4 Å². The summed E-state index contributed by atoms with van der Waals surface area (Å²) in [6.07, 6.45) is -22.5. The topological polar surface area (TPSA) is 180 Å². The van der Waals surface area contributed by atoms with E-state index in [1.54, 1.807) is 24.3 Å². The molecular weight excluding hydrogens is 856 g/mol. The summed E-state index contributed by atoms with van der Waals surface area (Å²) in [5.41, 5.74) is -9.49. The molecule has 4 aromatic rings. The molecule has 0 saturated heterocycles. The van der Waals surface area contributed by atoms with Crippen molar-refractivity contribution < 1.29 is 71.6 Å². The highest BCUT2D eigenvalue weighted by molar-refractivity contribution is 6.39. The van der Waals surface area contributed by atoms with E-state index in [9.17, 15) is 84.3 Å². The quantitative estimate of drug-likeness (QED) is 0.134. The van der Waals surface area contributed by atoms with Gasteiger partial charge in [0.05, 0.1) is 0 Å². The second kappa shape index (κ2) is 15.1. The number of rotatable bonds is 6. The van der Waals surface area contributed by atoms with Gasteiger partial charge in [-0.3, -0.25) is 0 Å². The Kier molecular flexibility index (Phi) is 10.4. The van der Waals surface area contributed by atoms with E-state index in [1.165, 1.54) is 6.07 Å². The molecule has 6 rings (SSSR count). The molecule has 0 saturated carbocycles. The van der Waals surface area contributed by atoms with Crippen LogP contribution in [0.1, 0.15) is 33.4 Å². The van der Waals surface area contributed by atoms with E-state index >= 15 is 0 Å². The zero-order valence-corrected chi connectivity index (χ0v) is 29.5. The second-order valence-corrected chi connectivity index (χ2v) is 12.1. The Morgan fingerprint density at radius 2 is 0.855 bits per heavy atom. The van der Waals surface area contributed by atoms with Gasteiger partial charge in [-0.25, -0.2) is 0 Å². The van der Waals surface area contributed by atoms with E-state index in [-0.39, 0.29) is 33.4 Å². The summed E-state index contributed by atoms with van der Waals surface area (Å²) in [5.74, 6) is -6.06. The number of allylic oxidation sites excluding steroid dienone is 6. The first-order valence-electron chi connectivity index (χ1n) is 16.1. The Bertz CT molecular complexity index is 2680. The van der Waals surface area contributed by atoms with Crippen LogP contribution in [0.5, 0.6) is 23.0 Å². The monoisotopic (exact) mass is 864 g/mol. The summed E-state index contributed by atoms with van der Waals surface area (Å²) >= 11 is 0. The largest absolute Gasteiger partial charge is 0.573 e. The van der Waals surface area contributed by atoms with Crippen LogP contribution in [0.4, 0.5) is 52.7 Å². The molecule has 0 amide bonds. The summed E-state index contributed by atoms with van der Waals surface area (Å²) in [6.45, 7) is 0. The van der Waals surface area contributed by atoms with Crippen molar-refractivity contribution in [3.8, 4) is 81.7 Å². The molecule has 4 aromatic carbocycles. The SMILES string of the molecule is N#CC(C#N)=C1C2=C(C(=C(C#N)C#N)c3cccc(-c4cc(OC(F)(F)F)c(C#N)c(OC(F)(F)F)c4)c32)c2c1c#ccc2-c1cc(OC(F)(F)F)c(C#N)c(OC(F)(F)F)c1. The van der Waals surface area contributed by atoms with E-state index < -0.39 is 104 Å². The van der Waals surface area contributed by atoms with Crippen LogP contribution < -0.4 is 18.9 Å². The predicted molar refractivity (Wildman–Crippen MR) is 181 cm³/mol. The minimum absolute atomic E-state index is 0.231. The molecule has 2 aliphatic carbocycles. The maximum Gasteiger partial charge on any atom is 0.573 e. The number of ether oxygens (including phenoxy) is 4. The Hall–Kier alpha value is -8.78. The Labute approximate surface area is 337 Å². The number of alkyl halides is 12. The van der Waals surface area contributed by atoms with Crippen LogP contribution in [0.25, 0.3) is 44.5 Å². The van der Waals surface area contributed by atoms with Gasteiger partial charge in [-0.15, -0.1) is 52.7 Å². The fourth-order valence-electron chi connectivity index (χ4n) is 6.72. The lowest BCUT2D eigenvalue weighted by atomic mass is 9.84. The van der Waals surface area contributed by atoms with Crippen LogP contribution in [0.3, 0.4) is 0 Å². The summed E-state index contributed by atoms with van der Waals surface area (Å²) in [4.78, 5) is 0. The first-order valence-corrected chi connectivity index (χ1v) is 16.1. The fourth-order valence-corrected chi connectivity index (χ4v) is 6.72. The van der Waals surface area contributed by atoms with Crippen molar-refractivity contribution >= 4 is 22.3 Å². The van der Waals surface area contributed by atoms with Gasteiger partial charge in [-0.1, -0.05) is 30.3 Å². The van der Waals surface area contributed by atoms with Gasteiger partial charge in [0.2, 0.25) is 0 Å². The van der Waals surface area contributed by atoms with Crippen molar-refractivity contribution in [1.29, 1.82) is 31.6 Å². The van der Waals surface area contributed by atoms with Crippen molar-refractivity contribution in [2.24, 2.45) is 0 Å². The van der Waals surface area contributed by atoms with Crippen LogP contribution in [0, 0.1) is 80.1 Å². The number of nitriles is 6. The van der Waals surface area contributed by atoms with E-state index in [0.717, 1.165) is 30.3 Å². The third kappa shape index (κ3) is 7.98. The first kappa shape index (κ1) is 42.8.